The number of hydrogen-bond acceptors (Lipinski definition) is 2. The van der Waals surface area contributed by atoms with Crippen molar-refractivity contribution in [1.29, 1.82) is 0 Å². The lowest BCUT2D eigenvalue weighted by molar-refractivity contribution is -0.00235. The molecule has 0 unspecified atom stereocenters. The van der Waals surface area contributed by atoms with E-state index in [1.54, 1.807) is 0 Å². The molecule has 2 heteroatoms. The van der Waals surface area contributed by atoms with E-state index in [1.165, 1.54) is 44.5 Å². The summed E-state index contributed by atoms with van der Waals surface area (Å²) in [5, 5.41) is 0. The molecule has 0 N–H and O–H groups in total. The molecule has 1 aliphatic heterocycles. The van der Waals surface area contributed by atoms with Crippen molar-refractivity contribution >= 4 is 0 Å². The van der Waals surface area contributed by atoms with Gasteiger partial charge in [0.25, 0.3) is 0 Å². The largest absolute Gasteiger partial charge is 0.373 e. The monoisotopic (exact) mass is 233 g/mol. The molecule has 0 bridgehead atoms. The number of nitrogens with zero attached hydrogens (tertiary/aromatic N) is 1. The molecule has 0 radical (unpaired) electrons. The Hall–Kier alpha value is -0.860. The van der Waals surface area contributed by atoms with Gasteiger partial charge in [0.05, 0.1) is 12.7 Å². The van der Waals surface area contributed by atoms with Gasteiger partial charge in [0, 0.05) is 13.1 Å². The predicted molar refractivity (Wildman–Crippen MR) is 71.0 cm³/mol. The van der Waals surface area contributed by atoms with Crippen LogP contribution in [0.25, 0.3) is 0 Å². The van der Waals surface area contributed by atoms with Gasteiger partial charge in [-0.1, -0.05) is 37.3 Å². The molecule has 2 rings (SSSR count). The third-order valence-corrected chi connectivity index (χ3v) is 3.40. The highest BCUT2D eigenvalue weighted by molar-refractivity contribution is 5.13. The fourth-order valence-electron chi connectivity index (χ4n) is 2.40. The van der Waals surface area contributed by atoms with E-state index >= 15 is 0 Å². The van der Waals surface area contributed by atoms with Gasteiger partial charge in [0.2, 0.25) is 0 Å². The SMILES string of the molecule is CCCN1CCC(OCc2ccccc2)CC1. The molecular formula is C15H23NO. The number of piperidine rings is 1. The Morgan fingerprint density at radius 1 is 1.18 bits per heavy atom. The summed E-state index contributed by atoms with van der Waals surface area (Å²) >= 11 is 0. The summed E-state index contributed by atoms with van der Waals surface area (Å²) in [5.41, 5.74) is 1.28. The van der Waals surface area contributed by atoms with Crippen LogP contribution >= 0.6 is 0 Å². The normalized spacial score (nSPS) is 18.4. The minimum absolute atomic E-state index is 0.461. The Kier molecular flexibility index (Phi) is 5.02. The van der Waals surface area contributed by atoms with E-state index in [2.05, 4.69) is 36.1 Å². The molecular weight excluding hydrogens is 210 g/mol. The van der Waals surface area contributed by atoms with Gasteiger partial charge in [-0.15, -0.1) is 0 Å². The molecule has 0 amide bonds. The van der Waals surface area contributed by atoms with Gasteiger partial charge in [-0.05, 0) is 31.4 Å². The van der Waals surface area contributed by atoms with Crippen LogP contribution in [0.4, 0.5) is 0 Å². The Morgan fingerprint density at radius 2 is 1.88 bits per heavy atom. The van der Waals surface area contributed by atoms with Gasteiger partial charge >= 0.3 is 0 Å². The van der Waals surface area contributed by atoms with Gasteiger partial charge in [-0.3, -0.25) is 0 Å². The summed E-state index contributed by atoms with van der Waals surface area (Å²) in [6.07, 6.45) is 4.10. The lowest BCUT2D eigenvalue weighted by Crippen LogP contribution is -2.37. The van der Waals surface area contributed by atoms with Crippen LogP contribution in [0, 0.1) is 0 Å². The van der Waals surface area contributed by atoms with Crippen molar-refractivity contribution in [2.24, 2.45) is 0 Å². The fourth-order valence-corrected chi connectivity index (χ4v) is 2.40. The second-order valence-electron chi connectivity index (χ2n) is 4.84. The lowest BCUT2D eigenvalue weighted by atomic mass is 10.1. The third kappa shape index (κ3) is 4.14. The molecule has 1 saturated heterocycles. The molecule has 1 aromatic carbocycles. The minimum atomic E-state index is 0.461. The van der Waals surface area contributed by atoms with Crippen LogP contribution in [0.1, 0.15) is 31.7 Å². The Bertz CT molecular complexity index is 304. The molecule has 0 saturated carbocycles. The maximum absolute atomic E-state index is 5.97. The van der Waals surface area contributed by atoms with Gasteiger partial charge in [0.15, 0.2) is 0 Å². The quantitative estimate of drug-likeness (QED) is 0.775. The van der Waals surface area contributed by atoms with Gasteiger partial charge in [-0.25, -0.2) is 0 Å². The number of likely N-dealkylation sites (tertiary alicyclic amines) is 1. The first-order valence-electron chi connectivity index (χ1n) is 6.76. The zero-order chi connectivity index (χ0) is 11.9. The molecule has 0 atom stereocenters. The zero-order valence-corrected chi connectivity index (χ0v) is 10.8. The summed E-state index contributed by atoms with van der Waals surface area (Å²) in [5.74, 6) is 0. The van der Waals surface area contributed by atoms with Crippen molar-refractivity contribution in [2.45, 2.75) is 38.9 Å². The Morgan fingerprint density at radius 3 is 2.53 bits per heavy atom. The summed E-state index contributed by atoms with van der Waals surface area (Å²) in [4.78, 5) is 2.54. The standard InChI is InChI=1S/C15H23NO/c1-2-10-16-11-8-15(9-12-16)17-13-14-6-4-3-5-7-14/h3-7,15H,2,8-13H2,1H3. The first-order valence-corrected chi connectivity index (χ1v) is 6.76. The van der Waals surface area contributed by atoms with Crippen LogP contribution in [-0.2, 0) is 11.3 Å². The van der Waals surface area contributed by atoms with Gasteiger partial charge in [0.1, 0.15) is 0 Å². The molecule has 17 heavy (non-hydrogen) atoms. The maximum Gasteiger partial charge on any atom is 0.0720 e. The van der Waals surface area contributed by atoms with Crippen molar-refractivity contribution in [3.05, 3.63) is 35.9 Å². The molecule has 1 fully saturated rings. The minimum Gasteiger partial charge on any atom is -0.373 e. The molecule has 0 aliphatic carbocycles. The molecule has 0 aromatic heterocycles. The van der Waals surface area contributed by atoms with Crippen molar-refractivity contribution in [2.75, 3.05) is 19.6 Å². The van der Waals surface area contributed by atoms with Crippen LogP contribution in [0.2, 0.25) is 0 Å². The highest BCUT2D eigenvalue weighted by Gasteiger charge is 2.18. The van der Waals surface area contributed by atoms with Crippen molar-refractivity contribution in [3.8, 4) is 0 Å². The zero-order valence-electron chi connectivity index (χ0n) is 10.8. The number of benzene rings is 1. The average molecular weight is 233 g/mol. The fraction of sp³-hybridized carbons (Fsp3) is 0.600. The summed E-state index contributed by atoms with van der Waals surface area (Å²) in [6.45, 7) is 6.66. The Labute approximate surface area is 105 Å². The number of hydrogen-bond donors (Lipinski definition) is 0. The summed E-state index contributed by atoms with van der Waals surface area (Å²) in [7, 11) is 0. The van der Waals surface area contributed by atoms with Crippen molar-refractivity contribution in [1.82, 2.24) is 4.90 Å². The van der Waals surface area contributed by atoms with Crippen LogP contribution in [0.15, 0.2) is 30.3 Å². The highest BCUT2D eigenvalue weighted by atomic mass is 16.5. The van der Waals surface area contributed by atoms with Crippen molar-refractivity contribution < 1.29 is 4.74 Å². The van der Waals surface area contributed by atoms with Gasteiger partial charge < -0.3 is 9.64 Å². The van der Waals surface area contributed by atoms with Crippen LogP contribution in [0.5, 0.6) is 0 Å². The third-order valence-electron chi connectivity index (χ3n) is 3.40. The first kappa shape index (κ1) is 12.6. The summed E-state index contributed by atoms with van der Waals surface area (Å²) < 4.78 is 5.97. The number of rotatable bonds is 5. The topological polar surface area (TPSA) is 12.5 Å². The average Bonchev–Trinajstić information content (AvgIpc) is 2.40. The molecule has 0 spiro atoms. The Balaban J connectivity index is 1.68. The maximum atomic E-state index is 5.97. The second kappa shape index (κ2) is 6.77. The first-order chi connectivity index (χ1) is 8.38. The van der Waals surface area contributed by atoms with Crippen LogP contribution < -0.4 is 0 Å². The second-order valence-corrected chi connectivity index (χ2v) is 4.84. The predicted octanol–water partition coefficient (Wildman–Crippen LogP) is 3.08. The molecule has 2 nitrogen and oxygen atoms in total. The molecule has 94 valence electrons. The van der Waals surface area contributed by atoms with E-state index in [0.29, 0.717) is 6.10 Å². The van der Waals surface area contributed by atoms with E-state index in [-0.39, 0.29) is 0 Å². The molecule has 1 aromatic rings. The van der Waals surface area contributed by atoms with E-state index < -0.39 is 0 Å². The van der Waals surface area contributed by atoms with Crippen molar-refractivity contribution in [3.63, 3.8) is 0 Å². The molecule has 1 aliphatic rings. The molecule has 1 heterocycles. The van der Waals surface area contributed by atoms with Crippen LogP contribution in [-0.4, -0.2) is 30.6 Å². The summed E-state index contributed by atoms with van der Waals surface area (Å²) in [6, 6.07) is 10.5. The highest BCUT2D eigenvalue weighted by Crippen LogP contribution is 2.15. The lowest BCUT2D eigenvalue weighted by Gasteiger charge is -2.31. The van der Waals surface area contributed by atoms with E-state index in [1.807, 2.05) is 6.07 Å². The van der Waals surface area contributed by atoms with E-state index in [0.717, 1.165) is 6.61 Å². The smallest absolute Gasteiger partial charge is 0.0720 e. The van der Waals surface area contributed by atoms with E-state index in [9.17, 15) is 0 Å². The number of ether oxygens (including phenoxy) is 1. The van der Waals surface area contributed by atoms with Crippen LogP contribution in [0.3, 0.4) is 0 Å². The van der Waals surface area contributed by atoms with E-state index in [4.69, 9.17) is 4.74 Å². The van der Waals surface area contributed by atoms with Gasteiger partial charge in [-0.2, -0.15) is 0 Å².